The summed E-state index contributed by atoms with van der Waals surface area (Å²) >= 11 is 0. The average Bonchev–Trinajstić information content (AvgIpc) is 2.74. The molecule has 1 N–H and O–H groups in total. The van der Waals surface area contributed by atoms with Crippen molar-refractivity contribution in [1.82, 2.24) is 15.2 Å². The first-order chi connectivity index (χ1) is 13.9. The van der Waals surface area contributed by atoms with E-state index in [0.717, 1.165) is 36.1 Å². The maximum absolute atomic E-state index is 13.4. The Hall–Kier alpha value is -2.69. The molecule has 1 aliphatic rings. The molecule has 0 aliphatic carbocycles. The summed E-state index contributed by atoms with van der Waals surface area (Å²) in [5, 5.41) is 3.12. The van der Waals surface area contributed by atoms with Gasteiger partial charge in [0, 0.05) is 37.9 Å². The predicted molar refractivity (Wildman–Crippen MR) is 115 cm³/mol. The molecule has 0 saturated carbocycles. The molecule has 0 radical (unpaired) electrons. The molecule has 1 atom stereocenters. The Morgan fingerprint density at radius 1 is 1.17 bits per heavy atom. The predicted octanol–water partition coefficient (Wildman–Crippen LogP) is 3.83. The van der Waals surface area contributed by atoms with E-state index >= 15 is 0 Å². The van der Waals surface area contributed by atoms with Crippen molar-refractivity contribution in [3.63, 3.8) is 0 Å². The van der Waals surface area contributed by atoms with Gasteiger partial charge in [0.05, 0.1) is 5.41 Å². The molecule has 29 heavy (non-hydrogen) atoms. The Balaban J connectivity index is 1.98. The molecule has 1 fully saturated rings. The number of amides is 2. The second-order valence-electron chi connectivity index (χ2n) is 8.25. The fraction of sp³-hybridized carbons (Fsp3) is 0.458. The van der Waals surface area contributed by atoms with Crippen molar-refractivity contribution in [2.45, 2.75) is 52.5 Å². The summed E-state index contributed by atoms with van der Waals surface area (Å²) in [5.74, 6) is 0.166. The molecule has 1 aromatic carbocycles. The van der Waals surface area contributed by atoms with Gasteiger partial charge in [-0.15, -0.1) is 0 Å². The lowest BCUT2D eigenvalue weighted by atomic mass is 9.73. The first kappa shape index (κ1) is 21.0. The summed E-state index contributed by atoms with van der Waals surface area (Å²) in [7, 11) is 0. The van der Waals surface area contributed by atoms with E-state index < -0.39 is 5.41 Å². The van der Waals surface area contributed by atoms with Crippen LogP contribution in [0.15, 0.2) is 48.8 Å². The molecule has 5 nitrogen and oxygen atoms in total. The second-order valence-corrected chi connectivity index (χ2v) is 8.25. The standard InChI is InChI=1S/C24H31N3O2/c1-4-22(28)27-15-7-12-24(17-27,23(29)26-18(2)3)16-20-8-5-6-9-21(20)19-10-13-25-14-11-19/h5-6,8-11,13-14,18H,4,7,12,15-17H2,1-3H3,(H,26,29). The lowest BCUT2D eigenvalue weighted by Crippen LogP contribution is -2.55. The van der Waals surface area contributed by atoms with E-state index in [9.17, 15) is 9.59 Å². The number of aromatic nitrogens is 1. The Morgan fingerprint density at radius 2 is 1.90 bits per heavy atom. The number of carbonyl (C=O) groups is 2. The third kappa shape index (κ3) is 4.84. The van der Waals surface area contributed by atoms with Crippen molar-refractivity contribution in [3.8, 4) is 11.1 Å². The molecular formula is C24H31N3O2. The minimum atomic E-state index is -0.615. The van der Waals surface area contributed by atoms with Gasteiger partial charge in [0.15, 0.2) is 0 Å². The first-order valence-electron chi connectivity index (χ1n) is 10.5. The fourth-order valence-corrected chi connectivity index (χ4v) is 4.25. The van der Waals surface area contributed by atoms with Gasteiger partial charge in [-0.25, -0.2) is 0 Å². The number of piperidine rings is 1. The van der Waals surface area contributed by atoms with Crippen molar-refractivity contribution in [2.24, 2.45) is 5.41 Å². The lowest BCUT2D eigenvalue weighted by Gasteiger charge is -2.42. The molecule has 1 aromatic heterocycles. The maximum Gasteiger partial charge on any atom is 0.228 e. The highest BCUT2D eigenvalue weighted by Crippen LogP contribution is 2.37. The number of nitrogens with zero attached hydrogens (tertiary/aromatic N) is 2. The highest BCUT2D eigenvalue weighted by atomic mass is 16.2. The number of nitrogens with one attached hydrogen (secondary N) is 1. The average molecular weight is 394 g/mol. The van der Waals surface area contributed by atoms with Gasteiger partial charge in [0.2, 0.25) is 11.8 Å². The Bertz CT molecular complexity index is 850. The molecule has 1 unspecified atom stereocenters. The molecule has 1 aliphatic heterocycles. The number of pyridine rings is 1. The molecule has 154 valence electrons. The van der Waals surface area contributed by atoms with Crippen molar-refractivity contribution >= 4 is 11.8 Å². The van der Waals surface area contributed by atoms with Gasteiger partial charge in [-0.3, -0.25) is 14.6 Å². The van der Waals surface area contributed by atoms with Gasteiger partial charge in [-0.2, -0.15) is 0 Å². The van der Waals surface area contributed by atoms with Crippen LogP contribution < -0.4 is 5.32 Å². The molecule has 0 spiro atoms. The smallest absolute Gasteiger partial charge is 0.228 e. The van der Waals surface area contributed by atoms with Gasteiger partial charge >= 0.3 is 0 Å². The molecule has 2 heterocycles. The molecule has 3 rings (SSSR count). The topological polar surface area (TPSA) is 62.3 Å². The van der Waals surface area contributed by atoms with Crippen LogP contribution in [0.5, 0.6) is 0 Å². The molecule has 2 amide bonds. The summed E-state index contributed by atoms with van der Waals surface area (Å²) < 4.78 is 0. The summed E-state index contributed by atoms with van der Waals surface area (Å²) in [5.41, 5.74) is 2.72. The van der Waals surface area contributed by atoms with Crippen molar-refractivity contribution in [2.75, 3.05) is 13.1 Å². The van der Waals surface area contributed by atoms with E-state index in [1.54, 1.807) is 12.4 Å². The highest BCUT2D eigenvalue weighted by Gasteiger charge is 2.43. The molecule has 1 saturated heterocycles. The van der Waals surface area contributed by atoms with Crippen LogP contribution in [0.2, 0.25) is 0 Å². The van der Waals surface area contributed by atoms with Crippen LogP contribution in [0, 0.1) is 5.41 Å². The number of rotatable bonds is 6. The van der Waals surface area contributed by atoms with Gasteiger partial charge in [-0.1, -0.05) is 31.2 Å². The molecule has 0 bridgehead atoms. The van der Waals surface area contributed by atoms with E-state index in [4.69, 9.17) is 0 Å². The van der Waals surface area contributed by atoms with Gasteiger partial charge in [0.25, 0.3) is 0 Å². The van der Waals surface area contributed by atoms with Crippen LogP contribution in [0.3, 0.4) is 0 Å². The zero-order valence-corrected chi connectivity index (χ0v) is 17.6. The Morgan fingerprint density at radius 3 is 2.59 bits per heavy atom. The Labute approximate surface area is 173 Å². The lowest BCUT2D eigenvalue weighted by molar-refractivity contribution is -0.141. The van der Waals surface area contributed by atoms with Crippen LogP contribution in [0.25, 0.3) is 11.1 Å². The van der Waals surface area contributed by atoms with E-state index in [0.29, 0.717) is 19.4 Å². The van der Waals surface area contributed by atoms with Gasteiger partial charge in [0.1, 0.15) is 0 Å². The number of carbonyl (C=O) groups excluding carboxylic acids is 2. The summed E-state index contributed by atoms with van der Waals surface area (Å²) in [4.78, 5) is 31.8. The van der Waals surface area contributed by atoms with Crippen LogP contribution in [0.4, 0.5) is 0 Å². The number of likely N-dealkylation sites (tertiary alicyclic amines) is 1. The summed E-state index contributed by atoms with van der Waals surface area (Å²) in [6.45, 7) is 7.05. The fourth-order valence-electron chi connectivity index (χ4n) is 4.25. The van der Waals surface area contributed by atoms with E-state index in [1.165, 1.54) is 0 Å². The zero-order valence-electron chi connectivity index (χ0n) is 17.6. The number of hydrogen-bond acceptors (Lipinski definition) is 3. The SMILES string of the molecule is CCC(=O)N1CCCC(Cc2ccccc2-c2ccncc2)(C(=O)NC(C)C)C1. The molecular weight excluding hydrogens is 362 g/mol. The monoisotopic (exact) mass is 393 g/mol. The number of benzene rings is 1. The molecule has 5 heteroatoms. The van der Waals surface area contributed by atoms with Crippen molar-refractivity contribution in [3.05, 3.63) is 54.4 Å². The van der Waals surface area contributed by atoms with Crippen LogP contribution in [-0.2, 0) is 16.0 Å². The van der Waals surface area contributed by atoms with Crippen LogP contribution >= 0.6 is 0 Å². The largest absolute Gasteiger partial charge is 0.353 e. The minimum absolute atomic E-state index is 0.0469. The number of hydrogen-bond donors (Lipinski definition) is 1. The van der Waals surface area contributed by atoms with Gasteiger partial charge in [-0.05, 0) is 61.9 Å². The Kier molecular flexibility index (Phi) is 6.68. The third-order valence-electron chi connectivity index (χ3n) is 5.67. The van der Waals surface area contributed by atoms with Gasteiger partial charge < -0.3 is 10.2 Å². The zero-order chi connectivity index (χ0) is 20.9. The summed E-state index contributed by atoms with van der Waals surface area (Å²) in [6, 6.07) is 12.3. The quantitative estimate of drug-likeness (QED) is 0.811. The van der Waals surface area contributed by atoms with E-state index in [1.807, 2.05) is 49.9 Å². The van der Waals surface area contributed by atoms with Crippen molar-refractivity contribution in [1.29, 1.82) is 0 Å². The van der Waals surface area contributed by atoms with Crippen LogP contribution in [-0.4, -0.2) is 40.8 Å². The minimum Gasteiger partial charge on any atom is -0.353 e. The molecule has 2 aromatic rings. The summed E-state index contributed by atoms with van der Waals surface area (Å²) in [6.07, 6.45) is 6.27. The van der Waals surface area contributed by atoms with Crippen LogP contribution in [0.1, 0.15) is 45.6 Å². The highest BCUT2D eigenvalue weighted by molar-refractivity contribution is 5.85. The van der Waals surface area contributed by atoms with Crippen molar-refractivity contribution < 1.29 is 9.59 Å². The second kappa shape index (κ2) is 9.21. The maximum atomic E-state index is 13.4. The van der Waals surface area contributed by atoms with E-state index in [2.05, 4.69) is 22.4 Å². The third-order valence-corrected chi connectivity index (χ3v) is 5.67. The first-order valence-corrected chi connectivity index (χ1v) is 10.5. The normalized spacial score (nSPS) is 19.2. The van der Waals surface area contributed by atoms with E-state index in [-0.39, 0.29) is 17.9 Å².